The number of primary sulfonamides is 1. The van der Waals surface area contributed by atoms with Crippen LogP contribution < -0.4 is 10.5 Å². The first-order chi connectivity index (χ1) is 10.8. The van der Waals surface area contributed by atoms with Gasteiger partial charge >= 0.3 is 0 Å². The van der Waals surface area contributed by atoms with Gasteiger partial charge in [-0.05, 0) is 48.5 Å². The molecule has 0 aliphatic rings. The van der Waals surface area contributed by atoms with Crippen LogP contribution in [0.25, 0.3) is 5.76 Å². The van der Waals surface area contributed by atoms with E-state index in [0.717, 1.165) is 0 Å². The minimum absolute atomic E-state index is 0.0151. The molecule has 0 spiro atoms. The van der Waals surface area contributed by atoms with Crippen LogP contribution in [0.2, 0.25) is 0 Å². The van der Waals surface area contributed by atoms with Gasteiger partial charge in [0.1, 0.15) is 16.6 Å². The van der Waals surface area contributed by atoms with E-state index in [2.05, 4.69) is 5.32 Å². The van der Waals surface area contributed by atoms with E-state index in [-0.39, 0.29) is 15.6 Å². The van der Waals surface area contributed by atoms with Crippen molar-refractivity contribution < 1.29 is 17.9 Å². The summed E-state index contributed by atoms with van der Waals surface area (Å²) in [7, 11) is -3.75. The molecule has 4 N–H and O–H groups in total. The Bertz CT molecular complexity index is 845. The van der Waals surface area contributed by atoms with Crippen LogP contribution in [0.3, 0.4) is 0 Å². The number of aliphatic hydroxyl groups excluding tert-OH is 1. The van der Waals surface area contributed by atoms with Crippen molar-refractivity contribution in [2.24, 2.45) is 5.14 Å². The summed E-state index contributed by atoms with van der Waals surface area (Å²) >= 11 is 5.08. The standard InChI is InChI=1S/C15H13FN2O3S2/c16-11-3-1-10(2-4-11)14(19)9-15(22)18-12-5-7-13(8-6-12)23(17,20)21/h1-9,19H,(H,18,22)(H2,17,20,21). The number of halogens is 1. The van der Waals surface area contributed by atoms with E-state index < -0.39 is 15.8 Å². The minimum atomic E-state index is -3.75. The zero-order valence-electron chi connectivity index (χ0n) is 11.7. The Morgan fingerprint density at radius 1 is 1.13 bits per heavy atom. The van der Waals surface area contributed by atoms with E-state index in [9.17, 15) is 17.9 Å². The molecule has 0 radical (unpaired) electrons. The predicted molar refractivity (Wildman–Crippen MR) is 91.0 cm³/mol. The summed E-state index contributed by atoms with van der Waals surface area (Å²) in [5.74, 6) is -0.527. The lowest BCUT2D eigenvalue weighted by atomic mass is 10.2. The summed E-state index contributed by atoms with van der Waals surface area (Å²) < 4.78 is 35.1. The smallest absolute Gasteiger partial charge is 0.238 e. The van der Waals surface area contributed by atoms with Gasteiger partial charge in [0, 0.05) is 17.3 Å². The zero-order chi connectivity index (χ0) is 17.0. The Balaban J connectivity index is 2.09. The van der Waals surface area contributed by atoms with Crippen molar-refractivity contribution in [1.29, 1.82) is 0 Å². The molecule has 8 heteroatoms. The number of nitrogens with one attached hydrogen (secondary N) is 1. The van der Waals surface area contributed by atoms with Gasteiger partial charge in [0.2, 0.25) is 10.0 Å². The number of sulfonamides is 1. The van der Waals surface area contributed by atoms with Crippen LogP contribution in [0.5, 0.6) is 0 Å². The number of rotatable bonds is 4. The number of hydrogen-bond donors (Lipinski definition) is 3. The molecule has 0 aliphatic heterocycles. The molecule has 0 heterocycles. The maximum atomic E-state index is 12.8. The molecular weight excluding hydrogens is 339 g/mol. The van der Waals surface area contributed by atoms with Crippen molar-refractivity contribution >= 4 is 38.7 Å². The second-order valence-corrected chi connectivity index (χ2v) is 6.60. The molecule has 120 valence electrons. The molecular formula is C15H13FN2O3S2. The van der Waals surface area contributed by atoms with E-state index in [4.69, 9.17) is 17.4 Å². The molecule has 0 saturated carbocycles. The molecule has 0 bridgehead atoms. The molecule has 0 atom stereocenters. The van der Waals surface area contributed by atoms with Crippen LogP contribution >= 0.6 is 12.2 Å². The molecule has 23 heavy (non-hydrogen) atoms. The molecule has 0 amide bonds. The van der Waals surface area contributed by atoms with Crippen LogP contribution in [0.15, 0.2) is 59.5 Å². The van der Waals surface area contributed by atoms with E-state index in [1.807, 2.05) is 0 Å². The second-order valence-electron chi connectivity index (χ2n) is 4.60. The lowest BCUT2D eigenvalue weighted by Crippen LogP contribution is -2.12. The van der Waals surface area contributed by atoms with Crippen molar-refractivity contribution in [1.82, 2.24) is 0 Å². The molecule has 0 aliphatic carbocycles. The van der Waals surface area contributed by atoms with Gasteiger partial charge in [-0.3, -0.25) is 0 Å². The van der Waals surface area contributed by atoms with Gasteiger partial charge in [-0.15, -0.1) is 0 Å². The van der Waals surface area contributed by atoms with Crippen LogP contribution in [0, 0.1) is 5.82 Å². The Morgan fingerprint density at radius 3 is 2.22 bits per heavy atom. The van der Waals surface area contributed by atoms with Crippen LogP contribution in [0.1, 0.15) is 5.56 Å². The fraction of sp³-hybridized carbons (Fsp3) is 0. The van der Waals surface area contributed by atoms with Crippen molar-refractivity contribution in [2.75, 3.05) is 5.32 Å². The first kappa shape index (κ1) is 17.1. The van der Waals surface area contributed by atoms with E-state index in [0.29, 0.717) is 11.3 Å². The second kappa shape index (κ2) is 6.86. The van der Waals surface area contributed by atoms with E-state index in [1.54, 1.807) is 0 Å². The summed E-state index contributed by atoms with van der Waals surface area (Å²) in [5, 5.41) is 17.7. The van der Waals surface area contributed by atoms with Gasteiger partial charge in [-0.2, -0.15) is 0 Å². The molecule has 0 aromatic heterocycles. The highest BCUT2D eigenvalue weighted by Crippen LogP contribution is 2.15. The van der Waals surface area contributed by atoms with Crippen molar-refractivity contribution in [2.45, 2.75) is 4.90 Å². The van der Waals surface area contributed by atoms with Crippen LogP contribution in [0.4, 0.5) is 10.1 Å². The number of benzene rings is 2. The first-order valence-corrected chi connectivity index (χ1v) is 8.31. The number of hydrogen-bond acceptors (Lipinski definition) is 4. The van der Waals surface area contributed by atoms with Crippen molar-refractivity contribution in [3.63, 3.8) is 0 Å². The average molecular weight is 352 g/mol. The maximum absolute atomic E-state index is 12.8. The molecule has 0 unspecified atom stereocenters. The Kier molecular flexibility index (Phi) is 5.09. The Labute approximate surface area is 138 Å². The fourth-order valence-corrected chi connectivity index (χ4v) is 2.48. The molecule has 2 aromatic carbocycles. The highest BCUT2D eigenvalue weighted by atomic mass is 32.2. The summed E-state index contributed by atoms with van der Waals surface area (Å²) in [6.45, 7) is 0. The zero-order valence-corrected chi connectivity index (χ0v) is 13.4. The highest BCUT2D eigenvalue weighted by molar-refractivity contribution is 7.89. The summed E-state index contributed by atoms with van der Waals surface area (Å²) in [5.41, 5.74) is 0.950. The lowest BCUT2D eigenvalue weighted by Gasteiger charge is -2.06. The SMILES string of the molecule is NS(=O)(=O)c1ccc(NC(=S)C=C(O)c2ccc(F)cc2)cc1. The topological polar surface area (TPSA) is 92.4 Å². The molecule has 0 fully saturated rings. The van der Waals surface area contributed by atoms with Crippen molar-refractivity contribution in [3.8, 4) is 0 Å². The monoisotopic (exact) mass is 352 g/mol. The molecule has 2 rings (SSSR count). The van der Waals surface area contributed by atoms with Gasteiger partial charge in [0.15, 0.2) is 0 Å². The number of nitrogens with two attached hydrogens (primary N) is 1. The minimum Gasteiger partial charge on any atom is -0.507 e. The predicted octanol–water partition coefficient (Wildman–Crippen LogP) is 2.81. The number of aliphatic hydroxyl groups is 1. The first-order valence-electron chi connectivity index (χ1n) is 6.36. The number of thiocarbonyl (C=S) groups is 1. The molecule has 2 aromatic rings. The van der Waals surface area contributed by atoms with Gasteiger partial charge in [0.05, 0.1) is 4.90 Å². The molecule has 0 saturated heterocycles. The lowest BCUT2D eigenvalue weighted by molar-refractivity contribution is 0.512. The third-order valence-corrected chi connectivity index (χ3v) is 4.01. The molecule has 5 nitrogen and oxygen atoms in total. The van der Waals surface area contributed by atoms with Gasteiger partial charge in [0.25, 0.3) is 0 Å². The normalized spacial score (nSPS) is 12.0. The van der Waals surface area contributed by atoms with Crippen LogP contribution in [-0.2, 0) is 10.0 Å². The quantitative estimate of drug-likeness (QED) is 0.447. The third kappa shape index (κ3) is 4.85. The maximum Gasteiger partial charge on any atom is 0.238 e. The van der Waals surface area contributed by atoms with Gasteiger partial charge in [-0.25, -0.2) is 17.9 Å². The summed E-state index contributed by atoms with van der Waals surface area (Å²) in [6, 6.07) is 11.0. The number of anilines is 1. The summed E-state index contributed by atoms with van der Waals surface area (Å²) in [4.78, 5) is 0.189. The fourth-order valence-electron chi connectivity index (χ4n) is 1.73. The summed E-state index contributed by atoms with van der Waals surface area (Å²) in [6.07, 6.45) is 1.30. The van der Waals surface area contributed by atoms with E-state index in [1.165, 1.54) is 54.6 Å². The highest BCUT2D eigenvalue weighted by Gasteiger charge is 2.07. The Hall–Kier alpha value is -2.29. The third-order valence-electron chi connectivity index (χ3n) is 2.86. The van der Waals surface area contributed by atoms with Gasteiger partial charge in [-0.1, -0.05) is 12.2 Å². The largest absolute Gasteiger partial charge is 0.507 e. The van der Waals surface area contributed by atoms with Crippen molar-refractivity contribution in [3.05, 3.63) is 66.0 Å². The van der Waals surface area contributed by atoms with E-state index >= 15 is 0 Å². The average Bonchev–Trinajstić information content (AvgIpc) is 2.47. The van der Waals surface area contributed by atoms with Crippen LogP contribution in [-0.4, -0.2) is 18.5 Å². The Morgan fingerprint density at radius 2 is 1.70 bits per heavy atom. The van der Waals surface area contributed by atoms with Gasteiger partial charge < -0.3 is 10.4 Å².